The number of aliphatic hydroxyl groups is 1. The molecule has 1 unspecified atom stereocenters. The molecule has 1 aliphatic rings. The van der Waals surface area contributed by atoms with E-state index in [1.807, 2.05) is 6.92 Å². The van der Waals surface area contributed by atoms with E-state index in [-0.39, 0.29) is 5.92 Å². The second-order valence-corrected chi connectivity index (χ2v) is 5.21. The average Bonchev–Trinajstić information content (AvgIpc) is 2.41. The number of carboxylic acid groups (broad SMARTS) is 1. The molecule has 0 aromatic heterocycles. The standard InChI is InChI=1S/C8H16O2.C7H15NO/c1-3-5-6-7(4-2)8(9)10;9-7-6-8-4-2-1-3-5-8/h7H,3-6H2,1-2H3,(H,9,10);9H,1-7H2. The second kappa shape index (κ2) is 12.4. The van der Waals surface area contributed by atoms with Gasteiger partial charge in [-0.25, -0.2) is 0 Å². The van der Waals surface area contributed by atoms with Crippen LogP contribution in [-0.4, -0.2) is 47.3 Å². The van der Waals surface area contributed by atoms with Crippen LogP contribution in [-0.2, 0) is 4.79 Å². The minimum Gasteiger partial charge on any atom is -0.481 e. The summed E-state index contributed by atoms with van der Waals surface area (Å²) in [5.74, 6) is -0.754. The van der Waals surface area contributed by atoms with Crippen molar-refractivity contribution in [3.05, 3.63) is 0 Å². The van der Waals surface area contributed by atoms with Crippen molar-refractivity contribution in [1.82, 2.24) is 4.90 Å². The lowest BCUT2D eigenvalue weighted by molar-refractivity contribution is -0.142. The summed E-state index contributed by atoms with van der Waals surface area (Å²) < 4.78 is 0. The molecule has 0 saturated carbocycles. The summed E-state index contributed by atoms with van der Waals surface area (Å²) in [6, 6.07) is 0. The first kappa shape index (κ1) is 18.4. The van der Waals surface area contributed by atoms with Crippen molar-refractivity contribution in [1.29, 1.82) is 0 Å². The lowest BCUT2D eigenvalue weighted by Crippen LogP contribution is -2.31. The molecule has 1 fully saturated rings. The Morgan fingerprint density at radius 2 is 1.84 bits per heavy atom. The number of piperidine rings is 1. The van der Waals surface area contributed by atoms with Crippen LogP contribution in [0.5, 0.6) is 0 Å². The Morgan fingerprint density at radius 3 is 2.26 bits per heavy atom. The maximum Gasteiger partial charge on any atom is 0.306 e. The van der Waals surface area contributed by atoms with Gasteiger partial charge >= 0.3 is 5.97 Å². The van der Waals surface area contributed by atoms with Gasteiger partial charge < -0.3 is 15.1 Å². The molecular formula is C15H31NO3. The van der Waals surface area contributed by atoms with Crippen LogP contribution in [0.4, 0.5) is 0 Å². The van der Waals surface area contributed by atoms with Crippen LogP contribution in [0.1, 0.15) is 58.8 Å². The number of β-amino-alcohol motifs (C(OH)–C–C–N with tert-alkyl or cyclic N) is 1. The molecule has 1 aliphatic heterocycles. The molecule has 1 heterocycles. The van der Waals surface area contributed by atoms with Crippen molar-refractivity contribution >= 4 is 5.97 Å². The normalized spacial score (nSPS) is 17.4. The molecule has 1 rings (SSSR count). The van der Waals surface area contributed by atoms with Gasteiger partial charge in [0, 0.05) is 6.54 Å². The summed E-state index contributed by atoms with van der Waals surface area (Å²) in [5.41, 5.74) is 0. The number of nitrogens with zero attached hydrogens (tertiary/aromatic N) is 1. The lowest BCUT2D eigenvalue weighted by atomic mass is 10.00. The number of carbonyl (C=O) groups is 1. The third-order valence-electron chi connectivity index (χ3n) is 3.61. The zero-order valence-corrected chi connectivity index (χ0v) is 12.6. The molecule has 1 atom stereocenters. The Labute approximate surface area is 117 Å². The minimum atomic E-state index is -0.643. The Kier molecular flexibility index (Phi) is 12.0. The average molecular weight is 273 g/mol. The van der Waals surface area contributed by atoms with Gasteiger partial charge in [0.15, 0.2) is 0 Å². The summed E-state index contributed by atoms with van der Waals surface area (Å²) in [5, 5.41) is 17.2. The molecule has 2 N–H and O–H groups in total. The number of unbranched alkanes of at least 4 members (excludes halogenated alkanes) is 1. The van der Waals surface area contributed by atoms with Gasteiger partial charge in [-0.3, -0.25) is 4.79 Å². The first-order valence-electron chi connectivity index (χ1n) is 7.71. The van der Waals surface area contributed by atoms with E-state index < -0.39 is 5.97 Å². The molecule has 0 aliphatic carbocycles. The highest BCUT2D eigenvalue weighted by atomic mass is 16.4. The van der Waals surface area contributed by atoms with Crippen LogP contribution >= 0.6 is 0 Å². The summed E-state index contributed by atoms with van der Waals surface area (Å²) >= 11 is 0. The molecule has 1 saturated heterocycles. The number of carboxylic acids is 1. The van der Waals surface area contributed by atoms with Gasteiger partial charge in [0.25, 0.3) is 0 Å². The highest BCUT2D eigenvalue weighted by Gasteiger charge is 2.12. The van der Waals surface area contributed by atoms with Crippen molar-refractivity contribution in [2.75, 3.05) is 26.2 Å². The Hall–Kier alpha value is -0.610. The molecule has 0 amide bonds. The highest BCUT2D eigenvalue weighted by Crippen LogP contribution is 2.11. The number of likely N-dealkylation sites (tertiary alicyclic amines) is 1. The Bertz CT molecular complexity index is 213. The summed E-state index contributed by atoms with van der Waals surface area (Å²) in [4.78, 5) is 12.8. The third kappa shape index (κ3) is 9.91. The molecule has 0 aromatic carbocycles. The van der Waals surface area contributed by atoms with E-state index in [1.54, 1.807) is 0 Å². The maximum absolute atomic E-state index is 10.4. The summed E-state index contributed by atoms with van der Waals surface area (Å²) in [6.45, 7) is 7.59. The Balaban J connectivity index is 0.000000342. The van der Waals surface area contributed by atoms with Gasteiger partial charge in [-0.1, -0.05) is 33.1 Å². The minimum absolute atomic E-state index is 0.111. The molecule has 114 valence electrons. The van der Waals surface area contributed by atoms with Crippen molar-refractivity contribution < 1.29 is 15.0 Å². The molecular weight excluding hydrogens is 242 g/mol. The van der Waals surface area contributed by atoms with Crippen molar-refractivity contribution in [3.63, 3.8) is 0 Å². The fourth-order valence-electron chi connectivity index (χ4n) is 2.28. The van der Waals surface area contributed by atoms with Gasteiger partial charge in [0.1, 0.15) is 0 Å². The molecule has 4 heteroatoms. The smallest absolute Gasteiger partial charge is 0.306 e. The van der Waals surface area contributed by atoms with Crippen LogP contribution < -0.4 is 0 Å². The van der Waals surface area contributed by atoms with Gasteiger partial charge in [-0.05, 0) is 38.8 Å². The van der Waals surface area contributed by atoms with Gasteiger partial charge in [-0.2, -0.15) is 0 Å². The molecule has 0 spiro atoms. The largest absolute Gasteiger partial charge is 0.481 e. The predicted molar refractivity (Wildman–Crippen MR) is 78.3 cm³/mol. The van der Waals surface area contributed by atoms with Crippen LogP contribution in [0.3, 0.4) is 0 Å². The van der Waals surface area contributed by atoms with E-state index in [0.29, 0.717) is 6.61 Å². The fourth-order valence-corrected chi connectivity index (χ4v) is 2.28. The monoisotopic (exact) mass is 273 g/mol. The van der Waals surface area contributed by atoms with Crippen LogP contribution in [0, 0.1) is 5.92 Å². The van der Waals surface area contributed by atoms with Crippen molar-refractivity contribution in [3.8, 4) is 0 Å². The number of aliphatic hydroxyl groups excluding tert-OH is 1. The quantitative estimate of drug-likeness (QED) is 0.749. The molecule has 0 aromatic rings. The highest BCUT2D eigenvalue weighted by molar-refractivity contribution is 5.69. The first-order valence-corrected chi connectivity index (χ1v) is 7.71. The van der Waals surface area contributed by atoms with Gasteiger partial charge in [-0.15, -0.1) is 0 Å². The van der Waals surface area contributed by atoms with E-state index >= 15 is 0 Å². The number of aliphatic carboxylic acids is 1. The SMILES string of the molecule is CCCCC(CC)C(=O)O.OCCN1CCCCC1. The van der Waals surface area contributed by atoms with Crippen molar-refractivity contribution in [2.45, 2.75) is 58.8 Å². The van der Waals surface area contributed by atoms with E-state index in [4.69, 9.17) is 10.2 Å². The first-order chi connectivity index (χ1) is 9.15. The van der Waals surface area contributed by atoms with E-state index in [1.165, 1.54) is 32.4 Å². The molecule has 0 radical (unpaired) electrons. The number of hydrogen-bond donors (Lipinski definition) is 2. The van der Waals surface area contributed by atoms with Gasteiger partial charge in [0.2, 0.25) is 0 Å². The third-order valence-corrected chi connectivity index (χ3v) is 3.61. The Morgan fingerprint density at radius 1 is 1.21 bits per heavy atom. The molecule has 19 heavy (non-hydrogen) atoms. The van der Waals surface area contributed by atoms with Gasteiger partial charge in [0.05, 0.1) is 12.5 Å². The van der Waals surface area contributed by atoms with Crippen molar-refractivity contribution in [2.24, 2.45) is 5.92 Å². The fraction of sp³-hybridized carbons (Fsp3) is 0.933. The zero-order chi connectivity index (χ0) is 14.5. The number of rotatable bonds is 7. The topological polar surface area (TPSA) is 60.8 Å². The lowest BCUT2D eigenvalue weighted by Gasteiger charge is -2.25. The second-order valence-electron chi connectivity index (χ2n) is 5.21. The van der Waals surface area contributed by atoms with Crippen LogP contribution in [0.15, 0.2) is 0 Å². The maximum atomic E-state index is 10.4. The summed E-state index contributed by atoms with van der Waals surface area (Å²) in [7, 11) is 0. The van der Waals surface area contributed by atoms with E-state index in [2.05, 4.69) is 11.8 Å². The van der Waals surface area contributed by atoms with E-state index in [9.17, 15) is 4.79 Å². The van der Waals surface area contributed by atoms with Crippen LogP contribution in [0.2, 0.25) is 0 Å². The number of hydrogen-bond acceptors (Lipinski definition) is 3. The predicted octanol–water partition coefficient (Wildman–Crippen LogP) is 2.75. The zero-order valence-electron chi connectivity index (χ0n) is 12.6. The molecule has 4 nitrogen and oxygen atoms in total. The van der Waals surface area contributed by atoms with Crippen LogP contribution in [0.25, 0.3) is 0 Å². The van der Waals surface area contributed by atoms with E-state index in [0.717, 1.165) is 32.2 Å². The molecule has 0 bridgehead atoms. The summed E-state index contributed by atoms with van der Waals surface area (Å²) in [6.07, 6.45) is 7.73.